The fourth-order valence-electron chi connectivity index (χ4n) is 2.15. The van der Waals surface area contributed by atoms with E-state index in [1.807, 2.05) is 36.5 Å². The first kappa shape index (κ1) is 17.0. The predicted octanol–water partition coefficient (Wildman–Crippen LogP) is 2.83. The van der Waals surface area contributed by atoms with Crippen molar-refractivity contribution >= 4 is 22.9 Å². The van der Waals surface area contributed by atoms with Crippen molar-refractivity contribution in [1.82, 2.24) is 10.2 Å². The summed E-state index contributed by atoms with van der Waals surface area (Å²) in [5.41, 5.74) is -0.694. The summed E-state index contributed by atoms with van der Waals surface area (Å²) in [6.45, 7) is 0.293. The van der Waals surface area contributed by atoms with Crippen LogP contribution in [0.25, 0.3) is 0 Å². The normalized spacial score (nSPS) is 12.2. The molecular formula is C15H16FN3O3S. The number of nitrogens with one attached hydrogen (secondary N) is 1. The SMILES string of the molecule is CN(C)[C@@H](CNC(=O)c1ccc(F)cc1[N+](=O)[O-])c1cccs1. The van der Waals surface area contributed by atoms with Crippen molar-refractivity contribution in [3.05, 3.63) is 62.1 Å². The highest BCUT2D eigenvalue weighted by molar-refractivity contribution is 7.10. The minimum absolute atomic E-state index is 0.0431. The van der Waals surface area contributed by atoms with Crippen LogP contribution in [0, 0.1) is 15.9 Å². The Morgan fingerprint density at radius 1 is 1.43 bits per heavy atom. The summed E-state index contributed by atoms with van der Waals surface area (Å²) >= 11 is 1.57. The third-order valence-corrected chi connectivity index (χ3v) is 4.33. The summed E-state index contributed by atoms with van der Waals surface area (Å²) in [7, 11) is 3.77. The molecule has 122 valence electrons. The molecule has 1 aromatic heterocycles. The van der Waals surface area contributed by atoms with Crippen LogP contribution in [0.2, 0.25) is 0 Å². The first-order valence-corrected chi connectivity index (χ1v) is 7.70. The van der Waals surface area contributed by atoms with E-state index in [1.165, 1.54) is 0 Å². The van der Waals surface area contributed by atoms with E-state index >= 15 is 0 Å². The van der Waals surface area contributed by atoms with Gasteiger partial charge in [0.2, 0.25) is 0 Å². The quantitative estimate of drug-likeness (QED) is 0.650. The average Bonchev–Trinajstić information content (AvgIpc) is 3.00. The van der Waals surface area contributed by atoms with E-state index in [0.717, 1.165) is 23.1 Å². The molecule has 1 heterocycles. The van der Waals surface area contributed by atoms with E-state index in [9.17, 15) is 19.3 Å². The summed E-state index contributed by atoms with van der Waals surface area (Å²) in [5.74, 6) is -1.35. The van der Waals surface area contributed by atoms with Crippen molar-refractivity contribution < 1.29 is 14.1 Å². The topological polar surface area (TPSA) is 75.5 Å². The van der Waals surface area contributed by atoms with Gasteiger partial charge in [0.15, 0.2) is 0 Å². The van der Waals surface area contributed by atoms with Gasteiger partial charge in [-0.25, -0.2) is 4.39 Å². The molecule has 2 rings (SSSR count). The van der Waals surface area contributed by atoms with Gasteiger partial charge in [-0.3, -0.25) is 14.9 Å². The Kier molecular flexibility index (Phi) is 5.41. The number of amides is 1. The Balaban J connectivity index is 2.14. The van der Waals surface area contributed by atoms with Gasteiger partial charge in [0.05, 0.1) is 17.0 Å². The van der Waals surface area contributed by atoms with Crippen LogP contribution in [-0.4, -0.2) is 36.4 Å². The number of nitrogens with zero attached hydrogens (tertiary/aromatic N) is 2. The summed E-state index contributed by atoms with van der Waals surface area (Å²) in [5, 5.41) is 15.6. The minimum atomic E-state index is -0.763. The lowest BCUT2D eigenvalue weighted by Crippen LogP contribution is -2.34. The summed E-state index contributed by atoms with van der Waals surface area (Å²) < 4.78 is 13.1. The number of rotatable bonds is 6. The number of likely N-dealkylation sites (N-methyl/N-ethyl adjacent to an activating group) is 1. The van der Waals surface area contributed by atoms with Crippen LogP contribution in [-0.2, 0) is 0 Å². The second kappa shape index (κ2) is 7.30. The van der Waals surface area contributed by atoms with E-state index in [0.29, 0.717) is 6.54 Å². The van der Waals surface area contributed by atoms with E-state index in [1.54, 1.807) is 11.3 Å². The van der Waals surface area contributed by atoms with Crippen LogP contribution in [0.15, 0.2) is 35.7 Å². The average molecular weight is 337 g/mol. The smallest absolute Gasteiger partial charge is 0.285 e. The molecule has 0 aliphatic carbocycles. The molecule has 0 fully saturated rings. The van der Waals surface area contributed by atoms with Gasteiger partial charge in [0, 0.05) is 11.4 Å². The van der Waals surface area contributed by atoms with Gasteiger partial charge in [-0.1, -0.05) is 6.07 Å². The molecule has 0 saturated heterocycles. The van der Waals surface area contributed by atoms with E-state index < -0.39 is 22.3 Å². The lowest BCUT2D eigenvalue weighted by molar-refractivity contribution is -0.385. The first-order valence-electron chi connectivity index (χ1n) is 6.82. The standard InChI is InChI=1S/C15H16FN3O3S/c1-18(2)13(14-4-3-7-23-14)9-17-15(20)11-6-5-10(16)8-12(11)19(21)22/h3-8,13H,9H2,1-2H3,(H,17,20)/t13-/m0/s1. The lowest BCUT2D eigenvalue weighted by Gasteiger charge is -2.23. The van der Waals surface area contributed by atoms with Crippen LogP contribution >= 0.6 is 11.3 Å². The monoisotopic (exact) mass is 337 g/mol. The molecule has 0 aliphatic heterocycles. The number of benzene rings is 1. The van der Waals surface area contributed by atoms with Crippen molar-refractivity contribution in [2.24, 2.45) is 0 Å². The number of nitro benzene ring substituents is 1. The zero-order valence-electron chi connectivity index (χ0n) is 12.7. The number of halogens is 1. The molecule has 1 aromatic carbocycles. The van der Waals surface area contributed by atoms with Gasteiger partial charge in [-0.15, -0.1) is 11.3 Å². The minimum Gasteiger partial charge on any atom is -0.350 e. The Morgan fingerprint density at radius 2 is 2.17 bits per heavy atom. The molecule has 1 atom stereocenters. The maximum absolute atomic E-state index is 13.1. The highest BCUT2D eigenvalue weighted by Crippen LogP contribution is 2.23. The van der Waals surface area contributed by atoms with Crippen LogP contribution in [0.3, 0.4) is 0 Å². The zero-order chi connectivity index (χ0) is 17.0. The van der Waals surface area contributed by atoms with Crippen molar-refractivity contribution in [3.63, 3.8) is 0 Å². The number of nitro groups is 1. The molecule has 0 spiro atoms. The van der Waals surface area contributed by atoms with Gasteiger partial charge in [0.1, 0.15) is 11.4 Å². The van der Waals surface area contributed by atoms with E-state index in [2.05, 4.69) is 5.32 Å². The van der Waals surface area contributed by atoms with Gasteiger partial charge in [0.25, 0.3) is 11.6 Å². The lowest BCUT2D eigenvalue weighted by atomic mass is 10.1. The van der Waals surface area contributed by atoms with Gasteiger partial charge < -0.3 is 10.2 Å². The highest BCUT2D eigenvalue weighted by atomic mass is 32.1. The molecule has 1 amide bonds. The maximum atomic E-state index is 13.1. The van der Waals surface area contributed by atoms with Gasteiger partial charge in [-0.2, -0.15) is 0 Å². The van der Waals surface area contributed by atoms with Gasteiger partial charge >= 0.3 is 0 Å². The van der Waals surface area contributed by atoms with Crippen molar-refractivity contribution in [1.29, 1.82) is 0 Å². The second-order valence-electron chi connectivity index (χ2n) is 5.12. The third-order valence-electron chi connectivity index (χ3n) is 3.35. The highest BCUT2D eigenvalue weighted by Gasteiger charge is 2.22. The third kappa shape index (κ3) is 4.11. The Hall–Kier alpha value is -2.32. The van der Waals surface area contributed by atoms with Crippen LogP contribution in [0.4, 0.5) is 10.1 Å². The van der Waals surface area contributed by atoms with Gasteiger partial charge in [-0.05, 0) is 37.7 Å². The van der Waals surface area contributed by atoms with Crippen molar-refractivity contribution in [2.45, 2.75) is 6.04 Å². The number of hydrogen-bond acceptors (Lipinski definition) is 5. The van der Waals surface area contributed by atoms with Crippen LogP contribution in [0.5, 0.6) is 0 Å². The summed E-state index contributed by atoms with van der Waals surface area (Å²) in [6.07, 6.45) is 0. The van der Waals surface area contributed by atoms with Crippen molar-refractivity contribution in [3.8, 4) is 0 Å². The molecule has 1 N–H and O–H groups in total. The molecular weight excluding hydrogens is 321 g/mol. The largest absolute Gasteiger partial charge is 0.350 e. The molecule has 6 nitrogen and oxygen atoms in total. The number of thiophene rings is 1. The Bertz CT molecular complexity index is 704. The van der Waals surface area contributed by atoms with Crippen molar-refractivity contribution in [2.75, 3.05) is 20.6 Å². The maximum Gasteiger partial charge on any atom is 0.285 e. The molecule has 8 heteroatoms. The van der Waals surface area contributed by atoms with E-state index in [4.69, 9.17) is 0 Å². The Labute approximate surface area is 136 Å². The number of carbonyl (C=O) groups excluding carboxylic acids is 1. The van der Waals surface area contributed by atoms with E-state index in [-0.39, 0.29) is 11.6 Å². The number of carbonyl (C=O) groups is 1. The summed E-state index contributed by atoms with van der Waals surface area (Å²) in [6, 6.07) is 6.74. The molecule has 0 radical (unpaired) electrons. The van der Waals surface area contributed by atoms with Crippen LogP contribution in [0.1, 0.15) is 21.3 Å². The van der Waals surface area contributed by atoms with Crippen LogP contribution < -0.4 is 5.32 Å². The Morgan fingerprint density at radius 3 is 2.74 bits per heavy atom. The first-order chi connectivity index (χ1) is 10.9. The molecule has 2 aromatic rings. The summed E-state index contributed by atoms with van der Waals surface area (Å²) in [4.78, 5) is 25.4. The number of hydrogen-bond donors (Lipinski definition) is 1. The predicted molar refractivity (Wildman–Crippen MR) is 86.1 cm³/mol. The molecule has 0 saturated carbocycles. The zero-order valence-corrected chi connectivity index (χ0v) is 13.5. The molecule has 0 aliphatic rings. The molecule has 23 heavy (non-hydrogen) atoms. The molecule has 0 unspecified atom stereocenters. The fourth-order valence-corrected chi connectivity index (χ4v) is 3.07. The fraction of sp³-hybridized carbons (Fsp3) is 0.267. The molecule has 0 bridgehead atoms. The second-order valence-corrected chi connectivity index (χ2v) is 6.10.